The summed E-state index contributed by atoms with van der Waals surface area (Å²) in [7, 11) is 0. The van der Waals surface area contributed by atoms with Crippen molar-refractivity contribution in [2.45, 2.75) is 18.9 Å². The van der Waals surface area contributed by atoms with E-state index in [-0.39, 0.29) is 11.9 Å². The minimum Gasteiger partial charge on any atom is -0.253 e. The quantitative estimate of drug-likeness (QED) is 0.678. The summed E-state index contributed by atoms with van der Waals surface area (Å²) in [5.41, 5.74) is 0.835. The monoisotopic (exact) mass is 194 g/mol. The van der Waals surface area contributed by atoms with Crippen LogP contribution in [-0.4, -0.2) is 11.6 Å². The zero-order valence-corrected chi connectivity index (χ0v) is 7.69. The second kappa shape index (κ2) is 3.74. The fourth-order valence-corrected chi connectivity index (χ4v) is 1.90. The van der Waals surface area contributed by atoms with E-state index >= 15 is 0 Å². The average Bonchev–Trinajstić information content (AvgIpc) is 2.65. The van der Waals surface area contributed by atoms with E-state index in [0.29, 0.717) is 6.54 Å². The Balaban J connectivity index is 2.25. The van der Waals surface area contributed by atoms with Gasteiger partial charge in [0.05, 0.1) is 11.3 Å². The molecule has 0 bridgehead atoms. The van der Waals surface area contributed by atoms with Crippen LogP contribution in [0.15, 0.2) is 29.6 Å². The molecular weight excluding hydrogens is 183 g/mol. The largest absolute Gasteiger partial charge is 0.253 e. The van der Waals surface area contributed by atoms with Gasteiger partial charge in [-0.15, -0.1) is 4.91 Å². The van der Waals surface area contributed by atoms with Gasteiger partial charge < -0.3 is 0 Å². The minimum atomic E-state index is -0.264. The number of halogens is 1. The molecule has 0 spiro atoms. The molecule has 1 aliphatic heterocycles. The maximum atomic E-state index is 12.9. The number of rotatable bonds is 2. The molecule has 1 aromatic rings. The Hall–Kier alpha value is -1.45. The van der Waals surface area contributed by atoms with E-state index in [0.717, 1.165) is 18.4 Å². The van der Waals surface area contributed by atoms with Gasteiger partial charge >= 0.3 is 0 Å². The smallest absolute Gasteiger partial charge is 0.123 e. The van der Waals surface area contributed by atoms with E-state index in [9.17, 15) is 9.30 Å². The van der Waals surface area contributed by atoms with Gasteiger partial charge in [-0.05, 0) is 30.5 Å². The van der Waals surface area contributed by atoms with Gasteiger partial charge in [0.2, 0.25) is 0 Å². The molecule has 0 aliphatic carbocycles. The first kappa shape index (κ1) is 9.12. The zero-order chi connectivity index (χ0) is 9.97. The molecule has 0 radical (unpaired) electrons. The molecule has 1 aromatic carbocycles. The third kappa shape index (κ3) is 1.60. The predicted octanol–water partition coefficient (Wildman–Crippen LogP) is 2.64. The number of hydrogen-bond donors (Lipinski definition) is 0. The number of nitrogens with zero attached hydrogens (tertiary/aromatic N) is 2. The maximum Gasteiger partial charge on any atom is 0.123 e. The van der Waals surface area contributed by atoms with Crippen LogP contribution in [0, 0.1) is 10.7 Å². The Labute approximate surface area is 81.5 Å². The van der Waals surface area contributed by atoms with Crippen molar-refractivity contribution >= 4 is 0 Å². The lowest BCUT2D eigenvalue weighted by molar-refractivity contribution is 0.266. The van der Waals surface area contributed by atoms with Gasteiger partial charge in [-0.25, -0.2) is 4.39 Å². The Kier molecular flexibility index (Phi) is 2.43. The van der Waals surface area contributed by atoms with Gasteiger partial charge in [0.15, 0.2) is 0 Å². The van der Waals surface area contributed by atoms with Crippen molar-refractivity contribution in [3.8, 4) is 0 Å². The molecule has 0 saturated carbocycles. The van der Waals surface area contributed by atoms with Crippen molar-refractivity contribution in [2.75, 3.05) is 6.54 Å². The summed E-state index contributed by atoms with van der Waals surface area (Å²) >= 11 is 0. The molecule has 4 heteroatoms. The summed E-state index contributed by atoms with van der Waals surface area (Å²) in [5, 5.41) is 4.42. The van der Waals surface area contributed by atoms with E-state index < -0.39 is 0 Å². The standard InChI is InChI=1S/C10H11FN2O/c11-9-4-1-3-8(7-9)10-5-2-6-13(10)12-14/h1,3-4,7,10H,2,5-6H2/t10-/m1/s1. The molecule has 1 saturated heterocycles. The summed E-state index contributed by atoms with van der Waals surface area (Å²) in [4.78, 5) is 10.5. The molecule has 1 fully saturated rings. The Morgan fingerprint density at radius 2 is 2.36 bits per heavy atom. The molecule has 14 heavy (non-hydrogen) atoms. The van der Waals surface area contributed by atoms with Crippen LogP contribution in [0.1, 0.15) is 24.4 Å². The van der Waals surface area contributed by atoms with Crippen LogP contribution in [0.4, 0.5) is 4.39 Å². The average molecular weight is 194 g/mol. The van der Waals surface area contributed by atoms with Crippen LogP contribution < -0.4 is 0 Å². The fraction of sp³-hybridized carbons (Fsp3) is 0.400. The van der Waals surface area contributed by atoms with Crippen molar-refractivity contribution in [3.63, 3.8) is 0 Å². The Morgan fingerprint density at radius 3 is 3.07 bits per heavy atom. The van der Waals surface area contributed by atoms with Crippen LogP contribution in [-0.2, 0) is 0 Å². The van der Waals surface area contributed by atoms with Crippen molar-refractivity contribution in [1.82, 2.24) is 5.01 Å². The summed E-state index contributed by atoms with van der Waals surface area (Å²) in [6, 6.07) is 6.32. The third-order valence-corrected chi connectivity index (χ3v) is 2.56. The summed E-state index contributed by atoms with van der Waals surface area (Å²) in [6.45, 7) is 0.671. The van der Waals surface area contributed by atoms with Crippen LogP contribution in [0.5, 0.6) is 0 Å². The number of nitroso groups, excluding NO2 is 1. The van der Waals surface area contributed by atoms with Gasteiger partial charge in [-0.3, -0.25) is 5.01 Å². The van der Waals surface area contributed by atoms with Gasteiger partial charge in [0, 0.05) is 6.54 Å². The van der Waals surface area contributed by atoms with E-state index in [4.69, 9.17) is 0 Å². The fourth-order valence-electron chi connectivity index (χ4n) is 1.90. The molecule has 0 unspecified atom stereocenters. The summed E-state index contributed by atoms with van der Waals surface area (Å²) < 4.78 is 12.9. The van der Waals surface area contributed by atoms with E-state index in [1.54, 1.807) is 6.07 Å². The van der Waals surface area contributed by atoms with Crippen LogP contribution in [0.3, 0.4) is 0 Å². The van der Waals surface area contributed by atoms with Crippen molar-refractivity contribution in [2.24, 2.45) is 5.29 Å². The Bertz CT molecular complexity index is 343. The topological polar surface area (TPSA) is 32.7 Å². The molecule has 0 N–H and O–H groups in total. The lowest BCUT2D eigenvalue weighted by Gasteiger charge is -2.17. The van der Waals surface area contributed by atoms with Crippen molar-refractivity contribution in [3.05, 3.63) is 40.6 Å². The minimum absolute atomic E-state index is 0.0387. The molecule has 1 atom stereocenters. The lowest BCUT2D eigenvalue weighted by atomic mass is 10.1. The maximum absolute atomic E-state index is 12.9. The molecular formula is C10H11FN2O. The predicted molar refractivity (Wildman–Crippen MR) is 50.9 cm³/mol. The summed E-state index contributed by atoms with van der Waals surface area (Å²) in [6.07, 6.45) is 1.81. The third-order valence-electron chi connectivity index (χ3n) is 2.56. The van der Waals surface area contributed by atoms with Crippen molar-refractivity contribution < 1.29 is 4.39 Å². The van der Waals surface area contributed by atoms with Gasteiger partial charge in [0.25, 0.3) is 0 Å². The second-order valence-electron chi connectivity index (χ2n) is 3.46. The first-order valence-corrected chi connectivity index (χ1v) is 4.66. The number of hydrogen-bond acceptors (Lipinski definition) is 2. The van der Waals surface area contributed by atoms with E-state index in [1.807, 2.05) is 6.07 Å². The van der Waals surface area contributed by atoms with Crippen LogP contribution in [0.2, 0.25) is 0 Å². The normalized spacial score (nSPS) is 21.2. The highest BCUT2D eigenvalue weighted by atomic mass is 19.1. The Morgan fingerprint density at radius 1 is 1.50 bits per heavy atom. The van der Waals surface area contributed by atoms with E-state index in [1.165, 1.54) is 17.1 Å². The SMILES string of the molecule is O=NN1CCC[C@@H]1c1cccc(F)c1. The molecule has 1 heterocycles. The van der Waals surface area contributed by atoms with Gasteiger partial charge in [-0.1, -0.05) is 12.1 Å². The molecule has 2 rings (SSSR count). The van der Waals surface area contributed by atoms with Crippen LogP contribution in [0.25, 0.3) is 0 Å². The van der Waals surface area contributed by atoms with E-state index in [2.05, 4.69) is 5.29 Å². The second-order valence-corrected chi connectivity index (χ2v) is 3.46. The summed E-state index contributed by atoms with van der Waals surface area (Å²) in [5.74, 6) is -0.264. The van der Waals surface area contributed by atoms with Crippen molar-refractivity contribution in [1.29, 1.82) is 0 Å². The lowest BCUT2D eigenvalue weighted by Crippen LogP contribution is -2.15. The first-order chi connectivity index (χ1) is 6.81. The molecule has 0 aromatic heterocycles. The highest BCUT2D eigenvalue weighted by Crippen LogP contribution is 2.31. The number of benzene rings is 1. The highest BCUT2D eigenvalue weighted by Gasteiger charge is 2.25. The van der Waals surface area contributed by atoms with Gasteiger partial charge in [0.1, 0.15) is 5.82 Å². The zero-order valence-electron chi connectivity index (χ0n) is 7.69. The van der Waals surface area contributed by atoms with Crippen LogP contribution >= 0.6 is 0 Å². The molecule has 3 nitrogen and oxygen atoms in total. The first-order valence-electron chi connectivity index (χ1n) is 4.66. The van der Waals surface area contributed by atoms with Gasteiger partial charge in [-0.2, -0.15) is 0 Å². The molecule has 0 amide bonds. The molecule has 74 valence electrons. The molecule has 1 aliphatic rings. The highest BCUT2D eigenvalue weighted by molar-refractivity contribution is 5.20.